The van der Waals surface area contributed by atoms with Gasteiger partial charge in [-0.05, 0) is 6.07 Å². The van der Waals surface area contributed by atoms with Gasteiger partial charge in [0.1, 0.15) is 5.75 Å². The zero-order valence-corrected chi connectivity index (χ0v) is 8.44. The van der Waals surface area contributed by atoms with E-state index in [2.05, 4.69) is 0 Å². The van der Waals surface area contributed by atoms with Crippen LogP contribution in [-0.4, -0.2) is 23.4 Å². The molecule has 1 heterocycles. The van der Waals surface area contributed by atoms with E-state index in [0.29, 0.717) is 31.6 Å². The van der Waals surface area contributed by atoms with Crippen molar-refractivity contribution in [2.75, 3.05) is 18.9 Å². The van der Waals surface area contributed by atoms with Crippen molar-refractivity contribution >= 4 is 5.69 Å². The highest BCUT2D eigenvalue weighted by Crippen LogP contribution is 2.38. The number of aromatic hydroxyl groups is 1. The van der Waals surface area contributed by atoms with Crippen LogP contribution in [0.15, 0.2) is 18.2 Å². The molecule has 4 nitrogen and oxygen atoms in total. The molecule has 4 N–H and O–H groups in total. The molecule has 0 atom stereocenters. The van der Waals surface area contributed by atoms with E-state index in [9.17, 15) is 10.2 Å². The first-order chi connectivity index (χ1) is 7.13. The monoisotopic (exact) mass is 209 g/mol. The van der Waals surface area contributed by atoms with Crippen LogP contribution in [0.5, 0.6) is 5.75 Å². The van der Waals surface area contributed by atoms with Gasteiger partial charge in [0.05, 0.1) is 11.3 Å². The van der Waals surface area contributed by atoms with E-state index in [-0.39, 0.29) is 11.4 Å². The van der Waals surface area contributed by atoms with E-state index >= 15 is 0 Å². The van der Waals surface area contributed by atoms with E-state index in [1.807, 2.05) is 0 Å². The zero-order chi connectivity index (χ0) is 10.9. The van der Waals surface area contributed by atoms with Gasteiger partial charge in [-0.25, -0.2) is 0 Å². The first kappa shape index (κ1) is 10.3. The summed E-state index contributed by atoms with van der Waals surface area (Å²) < 4.78 is 5.19. The molecular formula is C11H15NO3. The maximum atomic E-state index is 10.4. The van der Waals surface area contributed by atoms with Gasteiger partial charge in [-0.15, -0.1) is 0 Å². The Morgan fingerprint density at radius 3 is 2.60 bits per heavy atom. The maximum absolute atomic E-state index is 10.4. The number of aliphatic hydroxyl groups is 1. The molecule has 1 aliphatic rings. The number of rotatable bonds is 1. The SMILES string of the molecule is Nc1c(O)cccc1C1(O)CCOCC1. The molecule has 0 radical (unpaired) electrons. The van der Waals surface area contributed by atoms with Gasteiger partial charge in [-0.2, -0.15) is 0 Å². The lowest BCUT2D eigenvalue weighted by atomic mass is 9.85. The number of nitrogens with two attached hydrogens (primary N) is 1. The van der Waals surface area contributed by atoms with Crippen LogP contribution in [-0.2, 0) is 10.3 Å². The maximum Gasteiger partial charge on any atom is 0.138 e. The number of para-hydroxylation sites is 1. The van der Waals surface area contributed by atoms with E-state index < -0.39 is 5.60 Å². The number of anilines is 1. The largest absolute Gasteiger partial charge is 0.506 e. The van der Waals surface area contributed by atoms with Crippen molar-refractivity contribution in [3.8, 4) is 5.75 Å². The Labute approximate surface area is 88.3 Å². The molecule has 0 amide bonds. The lowest BCUT2D eigenvalue weighted by molar-refractivity contribution is -0.0675. The zero-order valence-electron chi connectivity index (χ0n) is 8.44. The summed E-state index contributed by atoms with van der Waals surface area (Å²) >= 11 is 0. The normalized spacial score (nSPS) is 20.1. The van der Waals surface area contributed by atoms with Crippen molar-refractivity contribution in [2.24, 2.45) is 0 Å². The summed E-state index contributed by atoms with van der Waals surface area (Å²) in [7, 11) is 0. The fraction of sp³-hybridized carbons (Fsp3) is 0.455. The Bertz CT molecular complexity index is 359. The molecule has 0 unspecified atom stereocenters. The number of ether oxygens (including phenoxy) is 1. The summed E-state index contributed by atoms with van der Waals surface area (Å²) in [5, 5.41) is 19.9. The topological polar surface area (TPSA) is 75.7 Å². The number of phenolic OH excluding ortho intramolecular Hbond substituents is 1. The molecular weight excluding hydrogens is 194 g/mol. The number of phenols is 1. The Kier molecular flexibility index (Phi) is 2.54. The molecule has 4 heteroatoms. The van der Waals surface area contributed by atoms with Crippen LogP contribution < -0.4 is 5.73 Å². The smallest absolute Gasteiger partial charge is 0.138 e. The van der Waals surface area contributed by atoms with Gasteiger partial charge in [0.2, 0.25) is 0 Å². The predicted molar refractivity (Wildman–Crippen MR) is 56.5 cm³/mol. The van der Waals surface area contributed by atoms with Crippen LogP contribution in [0.25, 0.3) is 0 Å². The first-order valence-electron chi connectivity index (χ1n) is 5.01. The molecule has 0 spiro atoms. The fourth-order valence-electron chi connectivity index (χ4n) is 1.94. The summed E-state index contributed by atoms with van der Waals surface area (Å²) in [5.74, 6) is 0.0208. The minimum Gasteiger partial charge on any atom is -0.506 e. The highest BCUT2D eigenvalue weighted by Gasteiger charge is 2.33. The van der Waals surface area contributed by atoms with Gasteiger partial charge in [0, 0.05) is 31.6 Å². The van der Waals surface area contributed by atoms with Gasteiger partial charge in [-0.3, -0.25) is 0 Å². The molecule has 1 saturated heterocycles. The molecule has 0 aromatic heterocycles. The second kappa shape index (κ2) is 3.72. The predicted octanol–water partition coefficient (Wildman–Crippen LogP) is 0.972. The van der Waals surface area contributed by atoms with Gasteiger partial charge >= 0.3 is 0 Å². The van der Waals surface area contributed by atoms with Gasteiger partial charge in [-0.1, -0.05) is 12.1 Å². The van der Waals surface area contributed by atoms with Gasteiger partial charge < -0.3 is 20.7 Å². The Balaban J connectivity index is 2.39. The standard InChI is InChI=1S/C11H15NO3/c12-10-8(2-1-3-9(10)13)11(14)4-6-15-7-5-11/h1-3,13-14H,4-7,12H2. The summed E-state index contributed by atoms with van der Waals surface area (Å²) in [5.41, 5.74) is 5.66. The molecule has 82 valence electrons. The van der Waals surface area contributed by atoms with Crippen molar-refractivity contribution in [1.82, 2.24) is 0 Å². The van der Waals surface area contributed by atoms with Crippen molar-refractivity contribution in [2.45, 2.75) is 18.4 Å². The van der Waals surface area contributed by atoms with Crippen molar-refractivity contribution < 1.29 is 14.9 Å². The summed E-state index contributed by atoms with van der Waals surface area (Å²) in [6, 6.07) is 4.95. The van der Waals surface area contributed by atoms with Crippen LogP contribution in [0.2, 0.25) is 0 Å². The molecule has 0 aliphatic carbocycles. The van der Waals surface area contributed by atoms with E-state index in [1.54, 1.807) is 12.1 Å². The van der Waals surface area contributed by atoms with E-state index in [0.717, 1.165) is 0 Å². The lowest BCUT2D eigenvalue weighted by Crippen LogP contribution is -2.34. The number of hydrogen-bond acceptors (Lipinski definition) is 4. The fourth-order valence-corrected chi connectivity index (χ4v) is 1.94. The Morgan fingerprint density at radius 2 is 1.93 bits per heavy atom. The van der Waals surface area contributed by atoms with E-state index in [4.69, 9.17) is 10.5 Å². The third kappa shape index (κ3) is 1.78. The highest BCUT2D eigenvalue weighted by molar-refractivity contribution is 5.59. The van der Waals surface area contributed by atoms with Crippen LogP contribution in [0.1, 0.15) is 18.4 Å². The lowest BCUT2D eigenvalue weighted by Gasteiger charge is -2.33. The number of benzene rings is 1. The average molecular weight is 209 g/mol. The second-order valence-corrected chi connectivity index (χ2v) is 3.88. The summed E-state index contributed by atoms with van der Waals surface area (Å²) in [4.78, 5) is 0. The highest BCUT2D eigenvalue weighted by atomic mass is 16.5. The summed E-state index contributed by atoms with van der Waals surface area (Å²) in [6.07, 6.45) is 1.03. The molecule has 15 heavy (non-hydrogen) atoms. The third-order valence-electron chi connectivity index (χ3n) is 2.90. The molecule has 0 bridgehead atoms. The van der Waals surface area contributed by atoms with E-state index in [1.165, 1.54) is 6.07 Å². The van der Waals surface area contributed by atoms with Crippen LogP contribution >= 0.6 is 0 Å². The molecule has 1 aliphatic heterocycles. The van der Waals surface area contributed by atoms with Gasteiger partial charge in [0.25, 0.3) is 0 Å². The number of hydrogen-bond donors (Lipinski definition) is 3. The minimum atomic E-state index is -0.957. The first-order valence-corrected chi connectivity index (χ1v) is 5.01. The Morgan fingerprint density at radius 1 is 1.27 bits per heavy atom. The van der Waals surface area contributed by atoms with Gasteiger partial charge in [0.15, 0.2) is 0 Å². The molecule has 2 rings (SSSR count). The second-order valence-electron chi connectivity index (χ2n) is 3.88. The van der Waals surface area contributed by atoms with Crippen LogP contribution in [0.3, 0.4) is 0 Å². The Hall–Kier alpha value is -1.26. The van der Waals surface area contributed by atoms with Crippen molar-refractivity contribution in [3.63, 3.8) is 0 Å². The molecule has 1 fully saturated rings. The molecule has 1 aromatic carbocycles. The number of nitrogen functional groups attached to an aromatic ring is 1. The molecule has 1 aromatic rings. The van der Waals surface area contributed by atoms with Crippen LogP contribution in [0.4, 0.5) is 5.69 Å². The third-order valence-corrected chi connectivity index (χ3v) is 2.90. The quantitative estimate of drug-likeness (QED) is 0.476. The average Bonchev–Trinajstić information content (AvgIpc) is 2.23. The summed E-state index contributed by atoms with van der Waals surface area (Å²) in [6.45, 7) is 1.04. The van der Waals surface area contributed by atoms with Crippen molar-refractivity contribution in [3.05, 3.63) is 23.8 Å². The minimum absolute atomic E-state index is 0.0208. The van der Waals surface area contributed by atoms with Crippen LogP contribution in [0, 0.1) is 0 Å². The molecule has 0 saturated carbocycles. The van der Waals surface area contributed by atoms with Crippen molar-refractivity contribution in [1.29, 1.82) is 0 Å².